The van der Waals surface area contributed by atoms with Crippen molar-refractivity contribution in [3.63, 3.8) is 0 Å². The first-order valence-corrected chi connectivity index (χ1v) is 8.26. The van der Waals surface area contributed by atoms with Crippen LogP contribution in [0.1, 0.15) is 11.1 Å². The lowest BCUT2D eigenvalue weighted by Gasteiger charge is -2.51. The van der Waals surface area contributed by atoms with E-state index in [1.807, 2.05) is 18.2 Å². The molecule has 2 aliphatic heterocycles. The van der Waals surface area contributed by atoms with Crippen molar-refractivity contribution in [2.45, 2.75) is 12.5 Å². The summed E-state index contributed by atoms with van der Waals surface area (Å²) in [6, 6.07) is 16.6. The van der Waals surface area contributed by atoms with E-state index >= 15 is 0 Å². The molecule has 0 aliphatic carbocycles. The lowest BCUT2D eigenvalue weighted by Crippen LogP contribution is -2.56. The molecule has 1 fully saturated rings. The van der Waals surface area contributed by atoms with Crippen molar-refractivity contribution in [2.24, 2.45) is 5.41 Å². The van der Waals surface area contributed by atoms with Gasteiger partial charge in [-0.2, -0.15) is 0 Å². The Labute approximate surface area is 138 Å². The molecule has 0 N–H and O–H groups in total. The van der Waals surface area contributed by atoms with Crippen LogP contribution in [0.15, 0.2) is 59.6 Å². The molecule has 0 radical (unpaired) electrons. The van der Waals surface area contributed by atoms with Crippen LogP contribution >= 0.6 is 15.9 Å². The number of hydrogen-bond acceptors (Lipinski definition) is 2. The fourth-order valence-corrected chi connectivity index (χ4v) is 3.68. The van der Waals surface area contributed by atoms with Crippen molar-refractivity contribution in [1.82, 2.24) is 0 Å². The summed E-state index contributed by atoms with van der Waals surface area (Å²) in [6.45, 7) is 5.76. The minimum absolute atomic E-state index is 0.0739. The molecular formula is C19H17BrO2. The topological polar surface area (TPSA) is 18.5 Å². The second-order valence-electron chi connectivity index (χ2n) is 6.06. The molecule has 1 saturated heterocycles. The molecule has 2 heterocycles. The zero-order chi connectivity index (χ0) is 15.2. The third-order valence-corrected chi connectivity index (χ3v) is 5.23. The normalized spacial score (nSPS) is 21.9. The van der Waals surface area contributed by atoms with Gasteiger partial charge in [0.15, 0.2) is 0 Å². The Balaban J connectivity index is 1.73. The number of ether oxygens (including phenoxy) is 2. The van der Waals surface area contributed by atoms with Gasteiger partial charge in [-0.25, -0.2) is 0 Å². The van der Waals surface area contributed by atoms with Gasteiger partial charge in [0.25, 0.3) is 0 Å². The fraction of sp³-hybridized carbons (Fsp3) is 0.263. The summed E-state index contributed by atoms with van der Waals surface area (Å²) in [5, 5.41) is 0. The number of benzene rings is 2. The average molecular weight is 357 g/mol. The van der Waals surface area contributed by atoms with Crippen LogP contribution in [-0.4, -0.2) is 19.3 Å². The van der Waals surface area contributed by atoms with Gasteiger partial charge in [-0.15, -0.1) is 0 Å². The van der Waals surface area contributed by atoms with Crippen LogP contribution in [0.25, 0.3) is 5.57 Å². The number of rotatable bonds is 2. The van der Waals surface area contributed by atoms with Gasteiger partial charge in [0.05, 0.1) is 18.6 Å². The van der Waals surface area contributed by atoms with Crippen LogP contribution in [0.4, 0.5) is 0 Å². The predicted octanol–water partition coefficient (Wildman–Crippen LogP) is 4.48. The monoisotopic (exact) mass is 356 g/mol. The van der Waals surface area contributed by atoms with E-state index < -0.39 is 0 Å². The molecule has 1 unspecified atom stereocenters. The predicted molar refractivity (Wildman–Crippen MR) is 91.0 cm³/mol. The van der Waals surface area contributed by atoms with Gasteiger partial charge in [0.1, 0.15) is 11.9 Å². The Hall–Kier alpha value is -1.58. The third kappa shape index (κ3) is 2.11. The Bertz CT molecular complexity index is 719. The van der Waals surface area contributed by atoms with Crippen molar-refractivity contribution in [3.8, 4) is 5.75 Å². The van der Waals surface area contributed by atoms with Crippen LogP contribution < -0.4 is 4.74 Å². The lowest BCUT2D eigenvalue weighted by molar-refractivity contribution is -0.131. The Morgan fingerprint density at radius 1 is 1.14 bits per heavy atom. The summed E-state index contributed by atoms with van der Waals surface area (Å²) in [7, 11) is 0. The molecule has 0 bridgehead atoms. The van der Waals surface area contributed by atoms with Crippen molar-refractivity contribution < 1.29 is 9.47 Å². The van der Waals surface area contributed by atoms with E-state index in [1.54, 1.807) is 0 Å². The highest BCUT2D eigenvalue weighted by molar-refractivity contribution is 9.10. The molecule has 22 heavy (non-hydrogen) atoms. The molecule has 3 heteroatoms. The second-order valence-corrected chi connectivity index (χ2v) is 6.98. The summed E-state index contributed by atoms with van der Waals surface area (Å²) in [6.07, 6.45) is 0.948. The fourth-order valence-electron chi connectivity index (χ4n) is 3.32. The van der Waals surface area contributed by atoms with Crippen molar-refractivity contribution in [1.29, 1.82) is 0 Å². The van der Waals surface area contributed by atoms with Crippen molar-refractivity contribution in [2.75, 3.05) is 13.2 Å². The number of fused-ring (bicyclic) bond motifs is 1. The largest absolute Gasteiger partial charge is 0.488 e. The summed E-state index contributed by atoms with van der Waals surface area (Å²) in [5.41, 5.74) is 3.43. The van der Waals surface area contributed by atoms with Crippen molar-refractivity contribution in [3.05, 3.63) is 70.7 Å². The zero-order valence-corrected chi connectivity index (χ0v) is 13.8. The molecule has 1 atom stereocenters. The summed E-state index contributed by atoms with van der Waals surface area (Å²) in [5.74, 6) is 0.923. The molecule has 2 aromatic rings. The highest BCUT2D eigenvalue weighted by Crippen LogP contribution is 2.52. The van der Waals surface area contributed by atoms with E-state index in [-0.39, 0.29) is 11.5 Å². The number of hydrogen-bond donors (Lipinski definition) is 0. The van der Waals surface area contributed by atoms with E-state index in [4.69, 9.17) is 9.47 Å². The van der Waals surface area contributed by atoms with E-state index in [0.29, 0.717) is 13.2 Å². The first-order valence-electron chi connectivity index (χ1n) is 7.47. The van der Waals surface area contributed by atoms with Crippen molar-refractivity contribution >= 4 is 21.5 Å². The van der Waals surface area contributed by atoms with E-state index in [2.05, 4.69) is 52.8 Å². The maximum Gasteiger partial charge on any atom is 0.127 e. The third-order valence-electron chi connectivity index (χ3n) is 4.74. The molecule has 4 rings (SSSR count). The quantitative estimate of drug-likeness (QED) is 0.789. The minimum atomic E-state index is -0.0936. The Morgan fingerprint density at radius 3 is 2.59 bits per heavy atom. The maximum absolute atomic E-state index is 6.36. The maximum atomic E-state index is 6.36. The SMILES string of the molecule is C=C1c2cc(Br)ccc2OC(Cc2ccccc2)C12COC2. The van der Waals surface area contributed by atoms with Crippen LogP contribution in [0.2, 0.25) is 0 Å². The van der Waals surface area contributed by atoms with Crippen LogP contribution in [0.5, 0.6) is 5.75 Å². The highest BCUT2D eigenvalue weighted by atomic mass is 79.9. The van der Waals surface area contributed by atoms with E-state index in [9.17, 15) is 0 Å². The highest BCUT2D eigenvalue weighted by Gasteiger charge is 2.52. The molecule has 0 aromatic heterocycles. The molecule has 0 amide bonds. The average Bonchev–Trinajstić information content (AvgIpc) is 2.48. The molecule has 2 aliphatic rings. The lowest BCUT2D eigenvalue weighted by atomic mass is 9.68. The van der Waals surface area contributed by atoms with Gasteiger partial charge >= 0.3 is 0 Å². The Kier molecular flexibility index (Phi) is 3.35. The minimum Gasteiger partial charge on any atom is -0.488 e. The molecule has 2 aromatic carbocycles. The van der Waals surface area contributed by atoms with E-state index in [0.717, 1.165) is 27.8 Å². The van der Waals surface area contributed by atoms with Gasteiger partial charge in [-0.1, -0.05) is 52.8 Å². The second kappa shape index (κ2) is 5.25. The van der Waals surface area contributed by atoms with Crippen LogP contribution in [0.3, 0.4) is 0 Å². The first-order chi connectivity index (χ1) is 10.7. The van der Waals surface area contributed by atoms with Gasteiger partial charge in [-0.05, 0) is 29.3 Å². The smallest absolute Gasteiger partial charge is 0.127 e. The van der Waals surface area contributed by atoms with Crippen LogP contribution in [0, 0.1) is 5.41 Å². The molecule has 1 spiro atoms. The molecule has 2 nitrogen and oxygen atoms in total. The first kappa shape index (κ1) is 14.0. The summed E-state index contributed by atoms with van der Waals surface area (Å²) in [4.78, 5) is 0. The molecule has 0 saturated carbocycles. The Morgan fingerprint density at radius 2 is 1.91 bits per heavy atom. The standard InChI is InChI=1S/C19H17BrO2/c1-13-16-10-15(20)7-8-17(16)22-18(19(13)11-21-12-19)9-14-5-3-2-4-6-14/h2-8,10,18H,1,9,11-12H2. The molecular weight excluding hydrogens is 340 g/mol. The van der Waals surface area contributed by atoms with Crippen LogP contribution in [-0.2, 0) is 11.2 Å². The molecule has 112 valence electrons. The van der Waals surface area contributed by atoms with E-state index in [1.165, 1.54) is 5.56 Å². The number of halogens is 1. The summed E-state index contributed by atoms with van der Waals surface area (Å²) < 4.78 is 13.0. The zero-order valence-electron chi connectivity index (χ0n) is 12.2. The van der Waals surface area contributed by atoms with Gasteiger partial charge in [-0.3, -0.25) is 0 Å². The van der Waals surface area contributed by atoms with Gasteiger partial charge in [0, 0.05) is 16.5 Å². The summed E-state index contributed by atoms with van der Waals surface area (Å²) >= 11 is 3.54. The van der Waals surface area contributed by atoms with Gasteiger partial charge < -0.3 is 9.47 Å². The van der Waals surface area contributed by atoms with Gasteiger partial charge in [0.2, 0.25) is 0 Å².